The van der Waals surface area contributed by atoms with E-state index < -0.39 is 0 Å². The van der Waals surface area contributed by atoms with Gasteiger partial charge >= 0.3 is 0 Å². The van der Waals surface area contributed by atoms with Crippen LogP contribution in [0, 0.1) is 5.82 Å². The first kappa shape index (κ1) is 16.3. The van der Waals surface area contributed by atoms with E-state index in [1.807, 2.05) is 32.0 Å². The van der Waals surface area contributed by atoms with Crippen molar-refractivity contribution >= 4 is 5.91 Å². The van der Waals surface area contributed by atoms with Crippen LogP contribution >= 0.6 is 0 Å². The van der Waals surface area contributed by atoms with E-state index in [0.717, 1.165) is 17.7 Å². The monoisotopic (exact) mass is 329 g/mol. The molecule has 0 atom stereocenters. The van der Waals surface area contributed by atoms with E-state index >= 15 is 0 Å². The molecule has 1 amide bonds. The Hall–Kier alpha value is -2.56. The second-order valence-corrected chi connectivity index (χ2v) is 6.39. The fourth-order valence-electron chi connectivity index (χ4n) is 2.73. The minimum absolute atomic E-state index is 0.224. The highest BCUT2D eigenvalue weighted by Crippen LogP contribution is 2.41. The molecular formula is C19H20FNO3. The second kappa shape index (κ2) is 6.51. The van der Waals surface area contributed by atoms with Crippen LogP contribution in [0.2, 0.25) is 0 Å². The lowest BCUT2D eigenvalue weighted by molar-refractivity contribution is 0.0946. The normalized spacial score (nSPS) is 14.6. The molecule has 2 aromatic rings. The van der Waals surface area contributed by atoms with E-state index in [1.54, 1.807) is 0 Å². The number of carbonyl (C=O) groups excluding carboxylic acids is 1. The van der Waals surface area contributed by atoms with Gasteiger partial charge in [0.05, 0.1) is 6.54 Å². The van der Waals surface area contributed by atoms with Crippen molar-refractivity contribution in [3.05, 3.63) is 59.4 Å². The molecule has 1 aliphatic heterocycles. The lowest BCUT2D eigenvalue weighted by Gasteiger charge is -2.18. The summed E-state index contributed by atoms with van der Waals surface area (Å²) < 4.78 is 24.5. The number of halogens is 1. The maximum Gasteiger partial charge on any atom is 0.251 e. The van der Waals surface area contributed by atoms with E-state index in [-0.39, 0.29) is 17.3 Å². The van der Waals surface area contributed by atoms with E-state index in [0.29, 0.717) is 24.5 Å². The average Bonchev–Trinajstić information content (AvgIpc) is 2.86. The van der Waals surface area contributed by atoms with E-state index in [1.165, 1.54) is 24.3 Å². The molecule has 0 fully saturated rings. The van der Waals surface area contributed by atoms with Gasteiger partial charge in [0.25, 0.3) is 5.91 Å². The van der Waals surface area contributed by atoms with Crippen molar-refractivity contribution in [3.63, 3.8) is 0 Å². The maximum atomic E-state index is 12.8. The van der Waals surface area contributed by atoms with Crippen LogP contribution in [0.25, 0.3) is 0 Å². The van der Waals surface area contributed by atoms with Gasteiger partial charge in [-0.1, -0.05) is 12.1 Å². The standard InChI is InChI=1S/C19H20FNO3/c1-19(2)12-14-4-3-5-16(17(14)24-19)23-11-10-21-18(22)13-6-8-15(20)9-7-13/h3-9H,10-12H2,1-2H3,(H,21,22). The van der Waals surface area contributed by atoms with Crippen molar-refractivity contribution in [2.45, 2.75) is 25.9 Å². The van der Waals surface area contributed by atoms with Gasteiger partial charge in [-0.15, -0.1) is 0 Å². The quantitative estimate of drug-likeness (QED) is 0.856. The summed E-state index contributed by atoms with van der Waals surface area (Å²) in [6, 6.07) is 11.3. The van der Waals surface area contributed by atoms with Crippen LogP contribution in [0.5, 0.6) is 11.5 Å². The van der Waals surface area contributed by atoms with Crippen LogP contribution in [0.1, 0.15) is 29.8 Å². The smallest absolute Gasteiger partial charge is 0.251 e. The van der Waals surface area contributed by atoms with Crippen LogP contribution in [-0.2, 0) is 6.42 Å². The Balaban J connectivity index is 1.52. The first-order valence-electron chi connectivity index (χ1n) is 7.92. The summed E-state index contributed by atoms with van der Waals surface area (Å²) in [6.07, 6.45) is 0.848. The summed E-state index contributed by atoms with van der Waals surface area (Å²) in [7, 11) is 0. The fourth-order valence-corrected chi connectivity index (χ4v) is 2.73. The highest BCUT2D eigenvalue weighted by atomic mass is 19.1. The Bertz CT molecular complexity index is 741. The molecule has 0 aliphatic carbocycles. The molecule has 1 aliphatic rings. The van der Waals surface area contributed by atoms with Crippen molar-refractivity contribution in [1.82, 2.24) is 5.32 Å². The van der Waals surface area contributed by atoms with Gasteiger partial charge in [-0.25, -0.2) is 4.39 Å². The summed E-state index contributed by atoms with van der Waals surface area (Å²) in [6.45, 7) is 4.76. The van der Waals surface area contributed by atoms with E-state index in [2.05, 4.69) is 5.32 Å². The number of carbonyl (C=O) groups is 1. The highest BCUT2D eigenvalue weighted by molar-refractivity contribution is 5.94. The number of hydrogen-bond acceptors (Lipinski definition) is 3. The Morgan fingerprint density at radius 2 is 2.00 bits per heavy atom. The first-order chi connectivity index (χ1) is 11.4. The molecule has 2 aromatic carbocycles. The zero-order chi connectivity index (χ0) is 17.2. The molecule has 0 saturated carbocycles. The minimum Gasteiger partial charge on any atom is -0.488 e. The van der Waals surface area contributed by atoms with Crippen LogP contribution in [-0.4, -0.2) is 24.7 Å². The number of para-hydroxylation sites is 1. The molecule has 4 nitrogen and oxygen atoms in total. The highest BCUT2D eigenvalue weighted by Gasteiger charge is 2.32. The third-order valence-corrected chi connectivity index (χ3v) is 3.81. The van der Waals surface area contributed by atoms with E-state index in [4.69, 9.17) is 9.47 Å². The van der Waals surface area contributed by atoms with Gasteiger partial charge in [0.2, 0.25) is 0 Å². The third kappa shape index (κ3) is 3.67. The van der Waals surface area contributed by atoms with E-state index in [9.17, 15) is 9.18 Å². The number of benzene rings is 2. The summed E-state index contributed by atoms with van der Waals surface area (Å²) in [5.74, 6) is 0.853. The summed E-state index contributed by atoms with van der Waals surface area (Å²) in [5, 5.41) is 2.75. The molecule has 126 valence electrons. The average molecular weight is 329 g/mol. The Kier molecular flexibility index (Phi) is 4.42. The van der Waals surface area contributed by atoms with Gasteiger partial charge in [0.15, 0.2) is 11.5 Å². The van der Waals surface area contributed by atoms with Crippen LogP contribution in [0.4, 0.5) is 4.39 Å². The Morgan fingerprint density at radius 1 is 1.25 bits per heavy atom. The van der Waals surface area contributed by atoms with Crippen LogP contribution in [0.3, 0.4) is 0 Å². The predicted octanol–water partition coefficient (Wildman–Crippen LogP) is 3.35. The molecule has 1 N–H and O–H groups in total. The number of ether oxygens (including phenoxy) is 2. The molecule has 0 bridgehead atoms. The van der Waals surface area contributed by atoms with Crippen LogP contribution in [0.15, 0.2) is 42.5 Å². The molecule has 3 rings (SSSR count). The second-order valence-electron chi connectivity index (χ2n) is 6.39. The molecule has 0 radical (unpaired) electrons. The summed E-state index contributed by atoms with van der Waals surface area (Å²) >= 11 is 0. The maximum absolute atomic E-state index is 12.8. The predicted molar refractivity (Wildman–Crippen MR) is 89.1 cm³/mol. The SMILES string of the molecule is CC1(C)Cc2cccc(OCCNC(=O)c3ccc(F)cc3)c2O1. The Labute approximate surface area is 140 Å². The number of rotatable bonds is 5. The fraction of sp³-hybridized carbons (Fsp3) is 0.316. The lowest BCUT2D eigenvalue weighted by Crippen LogP contribution is -2.28. The molecule has 0 aromatic heterocycles. The van der Waals surface area contributed by atoms with Crippen molar-refractivity contribution in [1.29, 1.82) is 0 Å². The zero-order valence-corrected chi connectivity index (χ0v) is 13.8. The van der Waals surface area contributed by atoms with Crippen molar-refractivity contribution in [2.24, 2.45) is 0 Å². The molecule has 5 heteroatoms. The van der Waals surface area contributed by atoms with Gasteiger partial charge in [-0.05, 0) is 44.2 Å². The van der Waals surface area contributed by atoms with Crippen molar-refractivity contribution < 1.29 is 18.7 Å². The van der Waals surface area contributed by atoms with Gasteiger partial charge < -0.3 is 14.8 Å². The first-order valence-corrected chi connectivity index (χ1v) is 7.92. The minimum atomic E-state index is -0.365. The van der Waals surface area contributed by atoms with Gasteiger partial charge in [0.1, 0.15) is 18.0 Å². The molecule has 24 heavy (non-hydrogen) atoms. The van der Waals surface area contributed by atoms with Crippen molar-refractivity contribution in [3.8, 4) is 11.5 Å². The number of hydrogen-bond donors (Lipinski definition) is 1. The Morgan fingerprint density at radius 3 is 2.75 bits per heavy atom. The number of nitrogens with one attached hydrogen (secondary N) is 1. The summed E-state index contributed by atoms with van der Waals surface area (Å²) in [5.41, 5.74) is 1.33. The number of amides is 1. The largest absolute Gasteiger partial charge is 0.488 e. The molecule has 0 spiro atoms. The zero-order valence-electron chi connectivity index (χ0n) is 13.8. The molecule has 0 unspecified atom stereocenters. The van der Waals surface area contributed by atoms with Gasteiger partial charge in [-0.2, -0.15) is 0 Å². The topological polar surface area (TPSA) is 47.6 Å². The van der Waals surface area contributed by atoms with Gasteiger partial charge in [-0.3, -0.25) is 4.79 Å². The molecular weight excluding hydrogens is 309 g/mol. The summed E-state index contributed by atoms with van der Waals surface area (Å²) in [4.78, 5) is 11.9. The van der Waals surface area contributed by atoms with Gasteiger partial charge in [0, 0.05) is 17.5 Å². The lowest BCUT2D eigenvalue weighted by atomic mass is 10.0. The van der Waals surface area contributed by atoms with Crippen LogP contribution < -0.4 is 14.8 Å². The number of fused-ring (bicyclic) bond motifs is 1. The van der Waals surface area contributed by atoms with Crippen molar-refractivity contribution in [2.75, 3.05) is 13.2 Å². The molecule has 1 heterocycles. The molecule has 0 saturated heterocycles. The third-order valence-electron chi connectivity index (χ3n) is 3.81.